The number of urea groups is 1. The van der Waals surface area contributed by atoms with E-state index in [0.717, 1.165) is 26.9 Å². The summed E-state index contributed by atoms with van der Waals surface area (Å²) in [4.78, 5) is 41.4. The zero-order valence-corrected chi connectivity index (χ0v) is 16.3. The lowest BCUT2D eigenvalue weighted by Gasteiger charge is -2.17. The molecule has 3 aromatic rings. The summed E-state index contributed by atoms with van der Waals surface area (Å²) >= 11 is 0. The second-order valence-electron chi connectivity index (χ2n) is 7.33. The third kappa shape index (κ3) is 3.89. The molecule has 1 aromatic heterocycles. The molecule has 2 atom stereocenters. The summed E-state index contributed by atoms with van der Waals surface area (Å²) < 4.78 is 13.0. The fourth-order valence-corrected chi connectivity index (χ4v) is 3.65. The van der Waals surface area contributed by atoms with Crippen LogP contribution in [0, 0.1) is 5.82 Å². The predicted molar refractivity (Wildman–Crippen MR) is 109 cm³/mol. The third-order valence-electron chi connectivity index (χ3n) is 5.26. The number of nitrogens with zero attached hydrogens (tertiary/aromatic N) is 1. The number of imide groups is 1. The van der Waals surface area contributed by atoms with E-state index in [-0.39, 0.29) is 18.4 Å². The highest BCUT2D eigenvalue weighted by molar-refractivity contribution is 6.06. The van der Waals surface area contributed by atoms with Crippen LogP contribution in [0.25, 0.3) is 10.9 Å². The molecule has 0 saturated carbocycles. The van der Waals surface area contributed by atoms with Crippen LogP contribution in [0.1, 0.15) is 24.1 Å². The number of fused-ring (bicyclic) bond motifs is 1. The molecule has 154 valence electrons. The highest BCUT2D eigenvalue weighted by Crippen LogP contribution is 2.21. The number of amides is 4. The van der Waals surface area contributed by atoms with E-state index in [0.29, 0.717) is 6.42 Å². The van der Waals surface area contributed by atoms with Crippen molar-refractivity contribution in [1.29, 1.82) is 0 Å². The molecule has 4 amide bonds. The van der Waals surface area contributed by atoms with Gasteiger partial charge >= 0.3 is 6.03 Å². The molecule has 2 unspecified atom stereocenters. The Bertz CT molecular complexity index is 1110. The van der Waals surface area contributed by atoms with E-state index in [1.807, 2.05) is 30.5 Å². The minimum absolute atomic E-state index is 0.332. The number of aromatic amines is 1. The van der Waals surface area contributed by atoms with Gasteiger partial charge in [-0.1, -0.05) is 30.3 Å². The van der Waals surface area contributed by atoms with Gasteiger partial charge in [0.05, 0.1) is 6.04 Å². The van der Waals surface area contributed by atoms with Gasteiger partial charge in [0.1, 0.15) is 18.4 Å². The fraction of sp³-hybridized carbons (Fsp3) is 0.227. The van der Waals surface area contributed by atoms with Crippen LogP contribution in [0.15, 0.2) is 54.7 Å². The number of carbonyl (C=O) groups is 3. The molecule has 7 nitrogen and oxygen atoms in total. The van der Waals surface area contributed by atoms with Crippen LogP contribution in [-0.2, 0) is 16.0 Å². The SMILES string of the molecule is CC(NC(=O)CN1C(=O)NC(Cc2c[nH]c3ccccc23)C1=O)c1ccc(F)cc1. The Morgan fingerprint density at radius 2 is 1.90 bits per heavy atom. The summed E-state index contributed by atoms with van der Waals surface area (Å²) in [5.74, 6) is -1.27. The van der Waals surface area contributed by atoms with E-state index in [4.69, 9.17) is 0 Å². The van der Waals surface area contributed by atoms with Gasteiger partial charge in [-0.25, -0.2) is 9.18 Å². The Morgan fingerprint density at radius 1 is 1.17 bits per heavy atom. The van der Waals surface area contributed by atoms with Gasteiger partial charge in [0, 0.05) is 23.5 Å². The number of rotatable bonds is 6. The van der Waals surface area contributed by atoms with Gasteiger partial charge in [-0.3, -0.25) is 14.5 Å². The quantitative estimate of drug-likeness (QED) is 0.548. The third-order valence-corrected chi connectivity index (χ3v) is 5.26. The molecule has 1 aliphatic rings. The molecular weight excluding hydrogens is 387 g/mol. The van der Waals surface area contributed by atoms with Crippen molar-refractivity contribution in [2.75, 3.05) is 6.54 Å². The van der Waals surface area contributed by atoms with Gasteiger partial charge in [0.15, 0.2) is 0 Å². The topological polar surface area (TPSA) is 94.3 Å². The number of para-hydroxylation sites is 1. The lowest BCUT2D eigenvalue weighted by atomic mass is 10.1. The van der Waals surface area contributed by atoms with Crippen molar-refractivity contribution >= 4 is 28.7 Å². The minimum atomic E-state index is -0.723. The monoisotopic (exact) mass is 408 g/mol. The number of aromatic nitrogens is 1. The predicted octanol–water partition coefficient (Wildman–Crippen LogP) is 2.65. The second-order valence-corrected chi connectivity index (χ2v) is 7.33. The smallest absolute Gasteiger partial charge is 0.325 e. The van der Waals surface area contributed by atoms with Crippen molar-refractivity contribution in [3.8, 4) is 0 Å². The first-order valence-corrected chi connectivity index (χ1v) is 9.64. The van der Waals surface area contributed by atoms with Crippen LogP contribution in [0.4, 0.5) is 9.18 Å². The van der Waals surface area contributed by atoms with Crippen LogP contribution < -0.4 is 10.6 Å². The average molecular weight is 408 g/mol. The average Bonchev–Trinajstić information content (AvgIpc) is 3.25. The van der Waals surface area contributed by atoms with E-state index >= 15 is 0 Å². The van der Waals surface area contributed by atoms with Crippen LogP contribution in [-0.4, -0.2) is 40.3 Å². The first-order valence-electron chi connectivity index (χ1n) is 9.64. The molecule has 1 saturated heterocycles. The first-order chi connectivity index (χ1) is 14.4. The summed E-state index contributed by atoms with van der Waals surface area (Å²) in [7, 11) is 0. The van der Waals surface area contributed by atoms with Crippen molar-refractivity contribution < 1.29 is 18.8 Å². The number of nitrogens with one attached hydrogen (secondary N) is 3. The molecule has 0 aliphatic carbocycles. The molecule has 8 heteroatoms. The molecule has 1 aliphatic heterocycles. The first kappa shape index (κ1) is 19.6. The molecule has 2 heterocycles. The summed E-state index contributed by atoms with van der Waals surface area (Å²) in [5, 5.41) is 6.37. The van der Waals surface area contributed by atoms with Gasteiger partial charge in [-0.05, 0) is 36.2 Å². The number of hydrogen-bond donors (Lipinski definition) is 3. The molecule has 2 aromatic carbocycles. The highest BCUT2D eigenvalue weighted by atomic mass is 19.1. The van der Waals surface area contributed by atoms with E-state index in [9.17, 15) is 18.8 Å². The van der Waals surface area contributed by atoms with Gasteiger partial charge in [-0.15, -0.1) is 0 Å². The lowest BCUT2D eigenvalue weighted by molar-refractivity contribution is -0.132. The molecule has 4 rings (SSSR count). The Hall–Kier alpha value is -3.68. The Morgan fingerprint density at radius 3 is 2.67 bits per heavy atom. The van der Waals surface area contributed by atoms with Crippen molar-refractivity contribution in [3.63, 3.8) is 0 Å². The van der Waals surface area contributed by atoms with Gasteiger partial charge < -0.3 is 15.6 Å². The maximum atomic E-state index is 13.0. The zero-order valence-electron chi connectivity index (χ0n) is 16.3. The Balaban J connectivity index is 1.39. The van der Waals surface area contributed by atoms with E-state index in [1.54, 1.807) is 19.1 Å². The number of benzene rings is 2. The largest absolute Gasteiger partial charge is 0.361 e. The van der Waals surface area contributed by atoms with Gasteiger partial charge in [0.2, 0.25) is 5.91 Å². The van der Waals surface area contributed by atoms with Crippen molar-refractivity contribution in [1.82, 2.24) is 20.5 Å². The molecule has 0 spiro atoms. The van der Waals surface area contributed by atoms with E-state index in [2.05, 4.69) is 15.6 Å². The normalized spacial score (nSPS) is 17.3. The lowest BCUT2D eigenvalue weighted by Crippen LogP contribution is -2.42. The highest BCUT2D eigenvalue weighted by Gasteiger charge is 2.39. The van der Waals surface area contributed by atoms with Gasteiger partial charge in [0.25, 0.3) is 5.91 Å². The molecule has 30 heavy (non-hydrogen) atoms. The van der Waals surface area contributed by atoms with Crippen LogP contribution >= 0.6 is 0 Å². The van der Waals surface area contributed by atoms with Crippen LogP contribution in [0.2, 0.25) is 0 Å². The maximum absolute atomic E-state index is 13.0. The Labute approximate surface area is 172 Å². The maximum Gasteiger partial charge on any atom is 0.325 e. The number of hydrogen-bond acceptors (Lipinski definition) is 3. The number of H-pyrrole nitrogens is 1. The molecule has 3 N–H and O–H groups in total. The standard InChI is InChI=1S/C22H21FN4O3/c1-13(14-6-8-16(23)9-7-14)25-20(28)12-27-21(29)19(26-22(27)30)10-15-11-24-18-5-3-2-4-17(15)18/h2-9,11,13,19,24H,10,12H2,1H3,(H,25,28)(H,26,30). The summed E-state index contributed by atoms with van der Waals surface area (Å²) in [6.07, 6.45) is 2.16. The van der Waals surface area contributed by atoms with Gasteiger partial charge in [-0.2, -0.15) is 0 Å². The van der Waals surface area contributed by atoms with E-state index in [1.165, 1.54) is 12.1 Å². The summed E-state index contributed by atoms with van der Waals surface area (Å²) in [6.45, 7) is 1.37. The number of carbonyl (C=O) groups excluding carboxylic acids is 3. The van der Waals surface area contributed by atoms with Crippen molar-refractivity contribution in [2.24, 2.45) is 0 Å². The van der Waals surface area contributed by atoms with Crippen LogP contribution in [0.3, 0.4) is 0 Å². The van der Waals surface area contributed by atoms with Crippen molar-refractivity contribution in [2.45, 2.75) is 25.4 Å². The molecule has 1 fully saturated rings. The molecule has 0 bridgehead atoms. The summed E-state index contributed by atoms with van der Waals surface area (Å²) in [5.41, 5.74) is 2.59. The fourth-order valence-electron chi connectivity index (χ4n) is 3.65. The van der Waals surface area contributed by atoms with Crippen LogP contribution in [0.5, 0.6) is 0 Å². The molecular formula is C22H21FN4O3. The van der Waals surface area contributed by atoms with E-state index < -0.39 is 23.9 Å². The zero-order chi connectivity index (χ0) is 21.3. The summed E-state index contributed by atoms with van der Waals surface area (Å²) in [6, 6.07) is 11.8. The second kappa shape index (κ2) is 7.98. The van der Waals surface area contributed by atoms with Crippen molar-refractivity contribution in [3.05, 3.63) is 71.7 Å². The number of halogens is 1. The Kier molecular flexibility index (Phi) is 5.22. The molecule has 0 radical (unpaired) electrons. The minimum Gasteiger partial charge on any atom is -0.361 e.